The molecule has 0 N–H and O–H groups in total. The van der Waals surface area contributed by atoms with Gasteiger partial charge >= 0.3 is 0 Å². The van der Waals surface area contributed by atoms with E-state index in [0.29, 0.717) is 0 Å². The molecule has 0 radical (unpaired) electrons. The van der Waals surface area contributed by atoms with Crippen molar-refractivity contribution in [2.45, 2.75) is 25.6 Å². The Hall–Kier alpha value is -0.860. The lowest BCUT2D eigenvalue weighted by molar-refractivity contribution is -0.106. The Balaban J connectivity index is 2.21. The van der Waals surface area contributed by atoms with Crippen molar-refractivity contribution in [2.75, 3.05) is 14.2 Å². The molecule has 0 aromatic heterocycles. The van der Waals surface area contributed by atoms with Crippen molar-refractivity contribution in [2.24, 2.45) is 0 Å². The van der Waals surface area contributed by atoms with Crippen molar-refractivity contribution in [3.05, 3.63) is 35.9 Å². The number of aryl methyl sites for hydroxylation is 1. The van der Waals surface area contributed by atoms with Crippen LogP contribution in [0, 0.1) is 0 Å². The Morgan fingerprint density at radius 3 is 2.29 bits per heavy atom. The molecule has 0 heterocycles. The highest BCUT2D eigenvalue weighted by atomic mass is 16.7. The smallest absolute Gasteiger partial charge is 0.156 e. The van der Waals surface area contributed by atoms with Gasteiger partial charge in [0.1, 0.15) is 0 Å². The molecule has 0 amide bonds. The van der Waals surface area contributed by atoms with Gasteiger partial charge in [0.05, 0.1) is 0 Å². The van der Waals surface area contributed by atoms with E-state index in [1.165, 1.54) is 5.56 Å². The highest BCUT2D eigenvalue weighted by Gasteiger charge is 2.03. The lowest BCUT2D eigenvalue weighted by Gasteiger charge is -2.12. The van der Waals surface area contributed by atoms with Gasteiger partial charge in [0.25, 0.3) is 0 Å². The van der Waals surface area contributed by atoms with Crippen molar-refractivity contribution in [3.63, 3.8) is 0 Å². The van der Waals surface area contributed by atoms with Crippen LogP contribution >= 0.6 is 0 Å². The van der Waals surface area contributed by atoms with E-state index >= 15 is 0 Å². The fourth-order valence-electron chi connectivity index (χ4n) is 1.45. The molecule has 0 atom stereocenters. The Labute approximate surface area is 85.8 Å². The number of rotatable bonds is 6. The molecule has 2 heteroatoms. The molecule has 14 heavy (non-hydrogen) atoms. The summed E-state index contributed by atoms with van der Waals surface area (Å²) in [4.78, 5) is 0. The molecular formula is C12H18O2. The van der Waals surface area contributed by atoms with Gasteiger partial charge in [-0.3, -0.25) is 0 Å². The predicted octanol–water partition coefficient (Wildman–Crippen LogP) is 2.63. The largest absolute Gasteiger partial charge is 0.356 e. The second-order valence-electron chi connectivity index (χ2n) is 3.28. The molecule has 0 fully saturated rings. The van der Waals surface area contributed by atoms with E-state index in [4.69, 9.17) is 9.47 Å². The average molecular weight is 194 g/mol. The first kappa shape index (κ1) is 11.2. The Morgan fingerprint density at radius 2 is 1.71 bits per heavy atom. The highest BCUT2D eigenvalue weighted by molar-refractivity contribution is 5.14. The zero-order chi connectivity index (χ0) is 10.2. The van der Waals surface area contributed by atoms with Gasteiger partial charge in [0, 0.05) is 14.2 Å². The summed E-state index contributed by atoms with van der Waals surface area (Å²) in [6, 6.07) is 10.5. The molecule has 78 valence electrons. The third-order valence-electron chi connectivity index (χ3n) is 2.27. The van der Waals surface area contributed by atoms with E-state index in [-0.39, 0.29) is 6.29 Å². The summed E-state index contributed by atoms with van der Waals surface area (Å²) in [5.41, 5.74) is 1.37. The van der Waals surface area contributed by atoms with Gasteiger partial charge in [-0.15, -0.1) is 0 Å². The predicted molar refractivity (Wildman–Crippen MR) is 57.2 cm³/mol. The van der Waals surface area contributed by atoms with E-state index in [2.05, 4.69) is 24.3 Å². The summed E-state index contributed by atoms with van der Waals surface area (Å²) in [5, 5.41) is 0. The van der Waals surface area contributed by atoms with E-state index in [0.717, 1.165) is 19.3 Å². The fourth-order valence-corrected chi connectivity index (χ4v) is 1.45. The summed E-state index contributed by atoms with van der Waals surface area (Å²) in [7, 11) is 3.35. The molecule has 0 spiro atoms. The van der Waals surface area contributed by atoms with Crippen molar-refractivity contribution in [1.82, 2.24) is 0 Å². The van der Waals surface area contributed by atoms with Crippen molar-refractivity contribution in [3.8, 4) is 0 Å². The molecule has 2 nitrogen and oxygen atoms in total. The van der Waals surface area contributed by atoms with Crippen molar-refractivity contribution in [1.29, 1.82) is 0 Å². The fraction of sp³-hybridized carbons (Fsp3) is 0.500. The maximum absolute atomic E-state index is 5.12. The lowest BCUT2D eigenvalue weighted by atomic mass is 10.1. The molecule has 1 rings (SSSR count). The summed E-state index contributed by atoms with van der Waals surface area (Å²) in [6.07, 6.45) is 3.07. The van der Waals surface area contributed by atoms with E-state index < -0.39 is 0 Å². The third kappa shape index (κ3) is 3.90. The zero-order valence-corrected chi connectivity index (χ0v) is 8.90. The highest BCUT2D eigenvalue weighted by Crippen LogP contribution is 2.08. The molecule has 0 aliphatic rings. The van der Waals surface area contributed by atoms with Crippen molar-refractivity contribution >= 4 is 0 Å². The van der Waals surface area contributed by atoms with Crippen LogP contribution in [-0.4, -0.2) is 20.5 Å². The Morgan fingerprint density at radius 1 is 1.07 bits per heavy atom. The minimum absolute atomic E-state index is 0.0567. The van der Waals surface area contributed by atoms with Gasteiger partial charge < -0.3 is 9.47 Å². The molecule has 0 aliphatic heterocycles. The molecule has 0 bridgehead atoms. The van der Waals surface area contributed by atoms with Crippen LogP contribution < -0.4 is 0 Å². The summed E-state index contributed by atoms with van der Waals surface area (Å²) < 4.78 is 10.2. The first-order valence-electron chi connectivity index (χ1n) is 4.96. The van der Waals surface area contributed by atoms with Gasteiger partial charge in [-0.1, -0.05) is 30.3 Å². The molecule has 0 saturated heterocycles. The number of benzene rings is 1. The summed E-state index contributed by atoms with van der Waals surface area (Å²) in [5.74, 6) is 0. The van der Waals surface area contributed by atoms with Crippen LogP contribution in [-0.2, 0) is 15.9 Å². The maximum Gasteiger partial charge on any atom is 0.156 e. The number of methoxy groups -OCH3 is 2. The van der Waals surface area contributed by atoms with E-state index in [1.54, 1.807) is 14.2 Å². The van der Waals surface area contributed by atoms with Crippen LogP contribution in [0.1, 0.15) is 18.4 Å². The summed E-state index contributed by atoms with van der Waals surface area (Å²) in [6.45, 7) is 0. The molecule has 1 aromatic carbocycles. The molecule has 0 saturated carbocycles. The monoisotopic (exact) mass is 194 g/mol. The quantitative estimate of drug-likeness (QED) is 0.648. The van der Waals surface area contributed by atoms with Gasteiger partial charge in [-0.05, 0) is 24.8 Å². The number of hydrogen-bond donors (Lipinski definition) is 0. The van der Waals surface area contributed by atoms with Crippen LogP contribution in [0.15, 0.2) is 30.3 Å². The van der Waals surface area contributed by atoms with Crippen LogP contribution in [0.5, 0.6) is 0 Å². The minimum atomic E-state index is -0.0567. The van der Waals surface area contributed by atoms with Crippen LogP contribution in [0.3, 0.4) is 0 Å². The third-order valence-corrected chi connectivity index (χ3v) is 2.27. The Kier molecular flexibility index (Phi) is 5.27. The van der Waals surface area contributed by atoms with E-state index in [9.17, 15) is 0 Å². The molecule has 0 aliphatic carbocycles. The molecule has 0 unspecified atom stereocenters. The van der Waals surface area contributed by atoms with E-state index in [1.807, 2.05) is 6.07 Å². The number of ether oxygens (including phenoxy) is 2. The molecular weight excluding hydrogens is 176 g/mol. The second kappa shape index (κ2) is 6.57. The van der Waals surface area contributed by atoms with Crippen LogP contribution in [0.4, 0.5) is 0 Å². The topological polar surface area (TPSA) is 18.5 Å². The second-order valence-corrected chi connectivity index (χ2v) is 3.28. The molecule has 1 aromatic rings. The number of hydrogen-bond acceptors (Lipinski definition) is 2. The zero-order valence-electron chi connectivity index (χ0n) is 8.90. The van der Waals surface area contributed by atoms with Crippen molar-refractivity contribution < 1.29 is 9.47 Å². The lowest BCUT2D eigenvalue weighted by Crippen LogP contribution is -2.12. The van der Waals surface area contributed by atoms with Crippen LogP contribution in [0.2, 0.25) is 0 Å². The van der Waals surface area contributed by atoms with Crippen LogP contribution in [0.25, 0.3) is 0 Å². The minimum Gasteiger partial charge on any atom is -0.356 e. The van der Waals surface area contributed by atoms with Gasteiger partial charge in [-0.2, -0.15) is 0 Å². The SMILES string of the molecule is COC(CCCc1ccccc1)OC. The Bertz CT molecular complexity index is 229. The van der Waals surface area contributed by atoms with Gasteiger partial charge in [0.2, 0.25) is 0 Å². The summed E-state index contributed by atoms with van der Waals surface area (Å²) >= 11 is 0. The first-order valence-corrected chi connectivity index (χ1v) is 4.96. The standard InChI is InChI=1S/C12H18O2/c1-13-12(14-2)10-6-9-11-7-4-3-5-8-11/h3-5,7-8,12H,6,9-10H2,1-2H3. The normalized spacial score (nSPS) is 10.8. The van der Waals surface area contributed by atoms with Gasteiger partial charge in [0.15, 0.2) is 6.29 Å². The average Bonchev–Trinajstić information content (AvgIpc) is 2.26. The maximum atomic E-state index is 5.12. The first-order chi connectivity index (χ1) is 6.86. The van der Waals surface area contributed by atoms with Gasteiger partial charge in [-0.25, -0.2) is 0 Å².